The Hall–Kier alpha value is -1.02. The van der Waals surface area contributed by atoms with Crippen LogP contribution in [0.5, 0.6) is 0 Å². The lowest BCUT2D eigenvalue weighted by molar-refractivity contribution is 0.528. The van der Waals surface area contributed by atoms with E-state index >= 15 is 0 Å². The Balaban J connectivity index is 1.91. The highest BCUT2D eigenvalue weighted by molar-refractivity contribution is 5.48. The Morgan fingerprint density at radius 2 is 2.29 bits per heavy atom. The van der Waals surface area contributed by atoms with Gasteiger partial charge in [0.1, 0.15) is 0 Å². The number of hydrogen-bond donors (Lipinski definition) is 1. The van der Waals surface area contributed by atoms with Gasteiger partial charge in [0.05, 0.1) is 0 Å². The van der Waals surface area contributed by atoms with Crippen LogP contribution in [0.25, 0.3) is 0 Å². The van der Waals surface area contributed by atoms with E-state index in [0.717, 1.165) is 12.5 Å². The standard InChI is InChI=1S/C15H24N2/c1-3-17(10-8-14-7-9-16-12-14)15-6-4-5-13(2)11-15/h4-6,11,14,16H,3,7-10,12H2,1-2H3. The van der Waals surface area contributed by atoms with Crippen LogP contribution in [0.15, 0.2) is 24.3 Å². The van der Waals surface area contributed by atoms with Crippen LogP contribution in [0.1, 0.15) is 25.3 Å². The van der Waals surface area contributed by atoms with Crippen LogP contribution in [0.3, 0.4) is 0 Å². The van der Waals surface area contributed by atoms with Crippen LogP contribution in [-0.2, 0) is 0 Å². The first-order valence-electron chi connectivity index (χ1n) is 6.82. The summed E-state index contributed by atoms with van der Waals surface area (Å²) in [5.41, 5.74) is 2.72. The number of benzene rings is 1. The highest BCUT2D eigenvalue weighted by Gasteiger charge is 2.15. The molecule has 1 unspecified atom stereocenters. The number of anilines is 1. The smallest absolute Gasteiger partial charge is 0.0368 e. The van der Waals surface area contributed by atoms with Crippen molar-refractivity contribution >= 4 is 5.69 Å². The number of aryl methyl sites for hydroxylation is 1. The molecule has 2 nitrogen and oxygen atoms in total. The van der Waals surface area contributed by atoms with Gasteiger partial charge >= 0.3 is 0 Å². The van der Waals surface area contributed by atoms with Crippen LogP contribution >= 0.6 is 0 Å². The van der Waals surface area contributed by atoms with Gasteiger partial charge in [-0.25, -0.2) is 0 Å². The Bertz CT molecular complexity index is 343. The van der Waals surface area contributed by atoms with Crippen LogP contribution in [0, 0.1) is 12.8 Å². The van der Waals surface area contributed by atoms with Gasteiger partial charge in [0, 0.05) is 18.8 Å². The average Bonchev–Trinajstić information content (AvgIpc) is 2.83. The van der Waals surface area contributed by atoms with E-state index in [4.69, 9.17) is 0 Å². The van der Waals surface area contributed by atoms with E-state index in [1.807, 2.05) is 0 Å². The van der Waals surface area contributed by atoms with Gasteiger partial charge in [0.2, 0.25) is 0 Å². The van der Waals surface area contributed by atoms with Crippen molar-refractivity contribution in [1.82, 2.24) is 5.32 Å². The fraction of sp³-hybridized carbons (Fsp3) is 0.600. The Labute approximate surface area is 105 Å². The molecule has 0 spiro atoms. The SMILES string of the molecule is CCN(CCC1CCNC1)c1cccc(C)c1. The maximum absolute atomic E-state index is 3.44. The largest absolute Gasteiger partial charge is 0.372 e. The molecule has 0 bridgehead atoms. The molecule has 0 aliphatic carbocycles. The molecule has 94 valence electrons. The normalized spacial score (nSPS) is 19.5. The zero-order chi connectivity index (χ0) is 12.1. The molecule has 1 aromatic carbocycles. The molecule has 2 rings (SSSR count). The van der Waals surface area contributed by atoms with Crippen molar-refractivity contribution < 1.29 is 0 Å². The predicted octanol–water partition coefficient (Wildman–Crippen LogP) is 2.82. The van der Waals surface area contributed by atoms with Gasteiger partial charge < -0.3 is 10.2 Å². The first-order chi connectivity index (χ1) is 8.29. The predicted molar refractivity (Wildman–Crippen MR) is 74.7 cm³/mol. The molecular formula is C15H24N2. The summed E-state index contributed by atoms with van der Waals surface area (Å²) < 4.78 is 0. The van der Waals surface area contributed by atoms with Crippen LogP contribution in [-0.4, -0.2) is 26.2 Å². The van der Waals surface area contributed by atoms with Crippen molar-refractivity contribution in [2.75, 3.05) is 31.1 Å². The number of rotatable bonds is 5. The minimum Gasteiger partial charge on any atom is -0.372 e. The molecule has 1 N–H and O–H groups in total. The van der Waals surface area contributed by atoms with Crippen LogP contribution < -0.4 is 10.2 Å². The van der Waals surface area contributed by atoms with Gasteiger partial charge in [-0.3, -0.25) is 0 Å². The second-order valence-corrected chi connectivity index (χ2v) is 5.07. The maximum atomic E-state index is 3.44. The summed E-state index contributed by atoms with van der Waals surface area (Å²) in [4.78, 5) is 2.49. The first-order valence-corrected chi connectivity index (χ1v) is 6.82. The molecule has 1 aromatic rings. The van der Waals surface area contributed by atoms with Gasteiger partial charge in [-0.05, 0) is 63.4 Å². The van der Waals surface area contributed by atoms with Crippen molar-refractivity contribution in [3.63, 3.8) is 0 Å². The van der Waals surface area contributed by atoms with Gasteiger partial charge in [-0.2, -0.15) is 0 Å². The molecule has 1 aliphatic heterocycles. The minimum atomic E-state index is 0.883. The lowest BCUT2D eigenvalue weighted by Gasteiger charge is -2.24. The fourth-order valence-electron chi connectivity index (χ4n) is 2.59. The van der Waals surface area contributed by atoms with Crippen LogP contribution in [0.4, 0.5) is 5.69 Å². The van der Waals surface area contributed by atoms with E-state index in [1.165, 1.54) is 43.7 Å². The number of nitrogens with one attached hydrogen (secondary N) is 1. The average molecular weight is 232 g/mol. The topological polar surface area (TPSA) is 15.3 Å². The summed E-state index contributed by atoms with van der Waals surface area (Å²) in [5.74, 6) is 0.883. The van der Waals surface area contributed by atoms with Gasteiger partial charge in [-0.1, -0.05) is 12.1 Å². The molecule has 1 fully saturated rings. The molecule has 0 aromatic heterocycles. The highest BCUT2D eigenvalue weighted by atomic mass is 15.1. The number of nitrogens with zero attached hydrogens (tertiary/aromatic N) is 1. The van der Waals surface area contributed by atoms with Crippen molar-refractivity contribution in [2.45, 2.75) is 26.7 Å². The van der Waals surface area contributed by atoms with Crippen molar-refractivity contribution in [3.8, 4) is 0 Å². The molecule has 17 heavy (non-hydrogen) atoms. The fourth-order valence-corrected chi connectivity index (χ4v) is 2.59. The summed E-state index contributed by atoms with van der Waals surface area (Å²) in [7, 11) is 0. The van der Waals surface area contributed by atoms with Crippen molar-refractivity contribution in [2.24, 2.45) is 5.92 Å². The number of hydrogen-bond acceptors (Lipinski definition) is 2. The van der Waals surface area contributed by atoms with E-state index in [-0.39, 0.29) is 0 Å². The molecule has 1 heterocycles. The zero-order valence-corrected chi connectivity index (χ0v) is 11.1. The molecule has 2 heteroatoms. The third-order valence-electron chi connectivity index (χ3n) is 3.72. The van der Waals surface area contributed by atoms with E-state index in [0.29, 0.717) is 0 Å². The quantitative estimate of drug-likeness (QED) is 0.840. The van der Waals surface area contributed by atoms with E-state index in [9.17, 15) is 0 Å². The summed E-state index contributed by atoms with van der Waals surface area (Å²) >= 11 is 0. The van der Waals surface area contributed by atoms with Gasteiger partial charge in [0.25, 0.3) is 0 Å². The second kappa shape index (κ2) is 6.06. The van der Waals surface area contributed by atoms with E-state index in [1.54, 1.807) is 0 Å². The highest BCUT2D eigenvalue weighted by Crippen LogP contribution is 2.19. The molecule has 1 atom stereocenters. The zero-order valence-electron chi connectivity index (χ0n) is 11.1. The lowest BCUT2D eigenvalue weighted by Crippen LogP contribution is -2.26. The lowest BCUT2D eigenvalue weighted by atomic mass is 10.0. The third kappa shape index (κ3) is 3.47. The summed E-state index contributed by atoms with van der Waals surface area (Å²) in [5, 5.41) is 3.44. The monoisotopic (exact) mass is 232 g/mol. The van der Waals surface area contributed by atoms with Crippen LogP contribution in [0.2, 0.25) is 0 Å². The Morgan fingerprint density at radius 3 is 2.94 bits per heavy atom. The van der Waals surface area contributed by atoms with Gasteiger partial charge in [-0.15, -0.1) is 0 Å². The molecule has 0 radical (unpaired) electrons. The summed E-state index contributed by atoms with van der Waals surface area (Å²) in [6.07, 6.45) is 2.67. The molecule has 1 aliphatic rings. The first kappa shape index (κ1) is 12.4. The van der Waals surface area contributed by atoms with E-state index < -0.39 is 0 Å². The third-order valence-corrected chi connectivity index (χ3v) is 3.72. The molecule has 0 amide bonds. The minimum absolute atomic E-state index is 0.883. The van der Waals surface area contributed by atoms with Crippen molar-refractivity contribution in [1.29, 1.82) is 0 Å². The maximum Gasteiger partial charge on any atom is 0.0368 e. The Morgan fingerprint density at radius 1 is 1.41 bits per heavy atom. The Kier molecular flexibility index (Phi) is 4.43. The second-order valence-electron chi connectivity index (χ2n) is 5.07. The van der Waals surface area contributed by atoms with Crippen molar-refractivity contribution in [3.05, 3.63) is 29.8 Å². The summed E-state index contributed by atoms with van der Waals surface area (Å²) in [6, 6.07) is 8.84. The molecule has 0 saturated carbocycles. The van der Waals surface area contributed by atoms with E-state index in [2.05, 4.69) is 48.3 Å². The molecular weight excluding hydrogens is 208 g/mol. The molecule has 1 saturated heterocycles. The van der Waals surface area contributed by atoms with Gasteiger partial charge in [0.15, 0.2) is 0 Å². The summed E-state index contributed by atoms with van der Waals surface area (Å²) in [6.45, 7) is 9.12.